The minimum Gasteiger partial charge on any atom is -0.492 e. The van der Waals surface area contributed by atoms with Crippen molar-refractivity contribution < 1.29 is 9.53 Å². The summed E-state index contributed by atoms with van der Waals surface area (Å²) >= 11 is 0. The second kappa shape index (κ2) is 12.4. The molecule has 7 heteroatoms. The number of piperidine rings is 2. The third-order valence-electron chi connectivity index (χ3n) is 8.37. The zero-order valence-corrected chi connectivity index (χ0v) is 22.6. The normalized spacial score (nSPS) is 20.5. The number of nitrogens with zero attached hydrogens (tertiary/aromatic N) is 5. The van der Waals surface area contributed by atoms with Crippen LogP contribution in [0, 0.1) is 23.2 Å². The summed E-state index contributed by atoms with van der Waals surface area (Å²) in [7, 11) is 0. The van der Waals surface area contributed by atoms with Gasteiger partial charge in [0.05, 0.1) is 12.2 Å². The van der Waals surface area contributed by atoms with E-state index in [4.69, 9.17) is 4.74 Å². The summed E-state index contributed by atoms with van der Waals surface area (Å²) in [6.07, 6.45) is 15.1. The third kappa shape index (κ3) is 6.18. The summed E-state index contributed by atoms with van der Waals surface area (Å²) in [6, 6.07) is 8.29. The number of benzene rings is 1. The number of allylic oxidation sites excluding steroid dienone is 2. The van der Waals surface area contributed by atoms with E-state index in [1.807, 2.05) is 24.5 Å². The second-order valence-electron chi connectivity index (χ2n) is 10.9. The lowest BCUT2D eigenvalue weighted by Crippen LogP contribution is -2.40. The van der Waals surface area contributed by atoms with Crippen LogP contribution in [0.2, 0.25) is 0 Å². The van der Waals surface area contributed by atoms with Crippen LogP contribution in [0.25, 0.3) is 5.57 Å². The lowest BCUT2D eigenvalue weighted by Gasteiger charge is -2.32. The second-order valence-corrected chi connectivity index (χ2v) is 10.9. The maximum Gasteiger partial charge on any atom is 0.226 e. The van der Waals surface area contributed by atoms with Crippen LogP contribution in [0.5, 0.6) is 5.75 Å². The van der Waals surface area contributed by atoms with Gasteiger partial charge in [-0.15, -0.1) is 0 Å². The Morgan fingerprint density at radius 3 is 2.50 bits per heavy atom. The maximum atomic E-state index is 12.9. The number of nitriles is 1. The molecule has 2 saturated heterocycles. The quantitative estimate of drug-likeness (QED) is 0.493. The molecule has 200 valence electrons. The average Bonchev–Trinajstić information content (AvgIpc) is 3.00. The highest BCUT2D eigenvalue weighted by molar-refractivity contribution is 5.81. The Morgan fingerprint density at radius 2 is 1.84 bits per heavy atom. The molecule has 2 fully saturated rings. The molecule has 0 bridgehead atoms. The maximum absolute atomic E-state index is 12.9. The summed E-state index contributed by atoms with van der Waals surface area (Å²) in [6.45, 7) is 6.38. The van der Waals surface area contributed by atoms with Gasteiger partial charge in [-0.25, -0.2) is 9.97 Å². The highest BCUT2D eigenvalue weighted by Gasteiger charge is 2.27. The van der Waals surface area contributed by atoms with Gasteiger partial charge in [-0.05, 0) is 92.5 Å². The SMILES string of the molecule is CCc1cnc(N2CCC(COc3ccc(C4=CCC(C(=O)N5CCCCC5)CC4)cc3C#N)CC2)nc1. The number of rotatable bonds is 7. The standard InChI is InChI=1S/C31H39N5O2/c1-2-23-20-33-31(34-21-23)36-16-12-24(13-17-36)22-38-29-11-10-27(18-28(29)19-32)25-6-8-26(9-7-25)30(37)35-14-4-3-5-15-35/h6,10-11,18,20-21,24,26H,2-5,7-9,12-17,22H2,1H3. The van der Waals surface area contributed by atoms with Crippen LogP contribution < -0.4 is 9.64 Å². The van der Waals surface area contributed by atoms with Crippen LogP contribution in [0.3, 0.4) is 0 Å². The average molecular weight is 514 g/mol. The van der Waals surface area contributed by atoms with Crippen molar-refractivity contribution in [2.45, 2.75) is 64.7 Å². The Hall–Kier alpha value is -3.40. The molecule has 5 rings (SSSR count). The van der Waals surface area contributed by atoms with Crippen molar-refractivity contribution in [2.24, 2.45) is 11.8 Å². The van der Waals surface area contributed by atoms with E-state index in [2.05, 4.69) is 44.9 Å². The highest BCUT2D eigenvalue weighted by Crippen LogP contribution is 2.34. The zero-order chi connectivity index (χ0) is 26.3. The van der Waals surface area contributed by atoms with Crippen LogP contribution in [0.15, 0.2) is 36.7 Å². The predicted octanol–water partition coefficient (Wildman–Crippen LogP) is 5.40. The van der Waals surface area contributed by atoms with E-state index in [0.29, 0.717) is 29.7 Å². The van der Waals surface area contributed by atoms with Crippen molar-refractivity contribution in [3.05, 3.63) is 53.4 Å². The van der Waals surface area contributed by atoms with E-state index in [9.17, 15) is 10.1 Å². The van der Waals surface area contributed by atoms with Crippen LogP contribution in [0.4, 0.5) is 5.95 Å². The first kappa shape index (κ1) is 26.2. The monoisotopic (exact) mass is 513 g/mol. The minimum absolute atomic E-state index is 0.101. The van der Waals surface area contributed by atoms with Crippen LogP contribution in [-0.4, -0.2) is 53.6 Å². The Balaban J connectivity index is 1.13. The molecule has 38 heavy (non-hydrogen) atoms. The molecule has 7 nitrogen and oxygen atoms in total. The van der Waals surface area contributed by atoms with Gasteiger partial charge in [0.2, 0.25) is 11.9 Å². The summed E-state index contributed by atoms with van der Waals surface area (Å²) in [5.74, 6) is 2.34. The lowest BCUT2D eigenvalue weighted by molar-refractivity contribution is -0.136. The first-order valence-corrected chi connectivity index (χ1v) is 14.4. The number of hydrogen-bond acceptors (Lipinski definition) is 6. The van der Waals surface area contributed by atoms with Gasteiger partial charge >= 0.3 is 0 Å². The first-order valence-electron chi connectivity index (χ1n) is 14.4. The number of carbonyl (C=O) groups is 1. The van der Waals surface area contributed by atoms with E-state index in [-0.39, 0.29) is 5.92 Å². The van der Waals surface area contributed by atoms with Crippen molar-refractivity contribution in [2.75, 3.05) is 37.7 Å². The van der Waals surface area contributed by atoms with Gasteiger partial charge in [0.25, 0.3) is 0 Å². The molecule has 1 atom stereocenters. The third-order valence-corrected chi connectivity index (χ3v) is 8.37. The van der Waals surface area contributed by atoms with Gasteiger partial charge in [0.1, 0.15) is 11.8 Å². The number of hydrogen-bond donors (Lipinski definition) is 0. The van der Waals surface area contributed by atoms with Crippen molar-refractivity contribution in [3.63, 3.8) is 0 Å². The molecule has 1 unspecified atom stereocenters. The Labute approximate surface area is 226 Å². The number of aryl methyl sites for hydroxylation is 1. The molecule has 1 aliphatic carbocycles. The topological polar surface area (TPSA) is 82.4 Å². The number of amides is 1. The molecule has 1 amide bonds. The molecular formula is C31H39N5O2. The van der Waals surface area contributed by atoms with Gasteiger partial charge in [-0.2, -0.15) is 5.26 Å². The zero-order valence-electron chi connectivity index (χ0n) is 22.6. The van der Waals surface area contributed by atoms with E-state index < -0.39 is 0 Å². The molecule has 0 N–H and O–H groups in total. The summed E-state index contributed by atoms with van der Waals surface area (Å²) < 4.78 is 6.15. The number of carbonyl (C=O) groups excluding carboxylic acids is 1. The van der Waals surface area contributed by atoms with Crippen LogP contribution in [-0.2, 0) is 11.2 Å². The predicted molar refractivity (Wildman–Crippen MR) is 149 cm³/mol. The van der Waals surface area contributed by atoms with E-state index in [1.54, 1.807) is 0 Å². The number of anilines is 1. The van der Waals surface area contributed by atoms with Gasteiger partial charge < -0.3 is 14.5 Å². The number of likely N-dealkylation sites (tertiary alicyclic amines) is 1. The highest BCUT2D eigenvalue weighted by atomic mass is 16.5. The van der Waals surface area contributed by atoms with Crippen molar-refractivity contribution in [1.82, 2.24) is 14.9 Å². The molecule has 2 aliphatic heterocycles. The molecule has 1 aromatic heterocycles. The van der Waals surface area contributed by atoms with Gasteiger partial charge in [0, 0.05) is 44.5 Å². The number of aromatic nitrogens is 2. The summed E-state index contributed by atoms with van der Waals surface area (Å²) in [4.78, 5) is 26.2. The first-order chi connectivity index (χ1) is 18.6. The van der Waals surface area contributed by atoms with Gasteiger partial charge in [0.15, 0.2) is 0 Å². The molecule has 3 heterocycles. The Bertz CT molecular complexity index is 1170. The lowest BCUT2D eigenvalue weighted by atomic mass is 9.85. The van der Waals surface area contributed by atoms with Crippen LogP contribution >= 0.6 is 0 Å². The smallest absolute Gasteiger partial charge is 0.226 e. The molecular weight excluding hydrogens is 474 g/mol. The van der Waals surface area contributed by atoms with Crippen LogP contribution in [0.1, 0.15) is 75.0 Å². The fourth-order valence-electron chi connectivity index (χ4n) is 5.84. The van der Waals surface area contributed by atoms with E-state index in [1.165, 1.54) is 12.0 Å². The molecule has 3 aliphatic rings. The van der Waals surface area contributed by atoms with Crippen molar-refractivity contribution >= 4 is 17.4 Å². The van der Waals surface area contributed by atoms with E-state index >= 15 is 0 Å². The molecule has 1 aromatic carbocycles. The molecule has 0 spiro atoms. The summed E-state index contributed by atoms with van der Waals surface area (Å²) in [5, 5.41) is 9.82. The van der Waals surface area contributed by atoms with Gasteiger partial charge in [-0.3, -0.25) is 4.79 Å². The Morgan fingerprint density at radius 1 is 1.08 bits per heavy atom. The molecule has 0 radical (unpaired) electrons. The largest absolute Gasteiger partial charge is 0.492 e. The van der Waals surface area contributed by atoms with Gasteiger partial charge in [-0.1, -0.05) is 19.1 Å². The fourth-order valence-corrected chi connectivity index (χ4v) is 5.84. The van der Waals surface area contributed by atoms with Crippen molar-refractivity contribution in [3.8, 4) is 11.8 Å². The number of ether oxygens (including phenoxy) is 1. The fraction of sp³-hybridized carbons (Fsp3) is 0.548. The molecule has 0 saturated carbocycles. The van der Waals surface area contributed by atoms with E-state index in [0.717, 1.165) is 94.6 Å². The Kier molecular flexibility index (Phi) is 8.58. The minimum atomic E-state index is 0.101. The van der Waals surface area contributed by atoms with Crippen molar-refractivity contribution in [1.29, 1.82) is 5.26 Å². The molecule has 2 aromatic rings. The summed E-state index contributed by atoms with van der Waals surface area (Å²) in [5.41, 5.74) is 4.04.